The second-order valence-corrected chi connectivity index (χ2v) is 18.0. The number of hydrogen-bond acceptors (Lipinski definition) is 1. The summed E-state index contributed by atoms with van der Waals surface area (Å²) in [4.78, 5) is 4.55. The van der Waals surface area contributed by atoms with Crippen LogP contribution in [0.2, 0.25) is 0 Å². The van der Waals surface area contributed by atoms with Crippen LogP contribution in [0.5, 0.6) is 0 Å². The number of hydrogen-bond donors (Lipinski definition) is 0. The molecule has 320 valence electrons. The predicted octanol–water partition coefficient (Wildman–Crippen LogP) is 16.5. The molecule has 4 aromatic heterocycles. The average Bonchev–Trinajstić information content (AvgIpc) is 4.12. The first-order valence-corrected chi connectivity index (χ1v) is 23.2. The molecule has 0 aliphatic heterocycles. The molecular weight excluding hydrogens is 841 g/mol. The fourth-order valence-corrected chi connectivity index (χ4v) is 11.4. The Balaban J connectivity index is 1.06. The van der Waals surface area contributed by atoms with Crippen LogP contribution >= 0.6 is 0 Å². The minimum atomic E-state index is 0.510. The molecule has 6 nitrogen and oxygen atoms in total. The maximum Gasteiger partial charge on any atom is 0.234 e. The zero-order valence-corrected chi connectivity index (χ0v) is 37.4. The van der Waals surface area contributed by atoms with Crippen molar-refractivity contribution in [2.75, 3.05) is 0 Å². The Morgan fingerprint density at radius 1 is 0.391 bits per heavy atom. The maximum absolute atomic E-state index is 10.3. The van der Waals surface area contributed by atoms with Crippen molar-refractivity contribution in [2.45, 2.75) is 6.92 Å². The molecule has 6 heteroatoms. The van der Waals surface area contributed by atoms with E-state index in [4.69, 9.17) is 0 Å². The Labute approximate surface area is 396 Å². The molecule has 14 aromatic rings. The van der Waals surface area contributed by atoms with E-state index in [2.05, 4.69) is 229 Å². The van der Waals surface area contributed by atoms with Gasteiger partial charge >= 0.3 is 0 Å². The van der Waals surface area contributed by atoms with Crippen molar-refractivity contribution in [3.8, 4) is 39.9 Å². The first-order valence-electron chi connectivity index (χ1n) is 23.2. The number of aryl methyl sites for hydroxylation is 1. The molecule has 0 unspecified atom stereocenters. The standard InChI is InChI=1S/C63H38N6/c1-39-33-40(38-64)35-41(34-39)44-29-32-61(68-57-25-13-7-19-49(57)51-36-42(27-30-59(51)68)66-53-21-9-3-15-45(53)46-16-4-10-22-54(46)66)62(65-2)63(44)69-58-26-14-8-20-50(58)52-37-43(28-31-60(52)69)67-55-23-11-5-17-47(55)48-18-6-12-24-56(48)67/h3-37H,1H3. The smallest absolute Gasteiger partial charge is 0.234 e. The summed E-state index contributed by atoms with van der Waals surface area (Å²) in [6.07, 6.45) is 0. The lowest BCUT2D eigenvalue weighted by molar-refractivity contribution is 1.14. The van der Waals surface area contributed by atoms with Crippen molar-refractivity contribution in [3.63, 3.8) is 0 Å². The van der Waals surface area contributed by atoms with E-state index in [9.17, 15) is 11.8 Å². The summed E-state index contributed by atoms with van der Waals surface area (Å²) < 4.78 is 9.28. The van der Waals surface area contributed by atoms with Crippen molar-refractivity contribution in [2.24, 2.45) is 0 Å². The Morgan fingerprint density at radius 3 is 1.23 bits per heavy atom. The highest BCUT2D eigenvalue weighted by atomic mass is 15.1. The lowest BCUT2D eigenvalue weighted by Crippen LogP contribution is -2.03. The van der Waals surface area contributed by atoms with Gasteiger partial charge < -0.3 is 18.3 Å². The Hall–Kier alpha value is -9.62. The van der Waals surface area contributed by atoms with Crippen molar-refractivity contribution in [1.29, 1.82) is 5.26 Å². The lowest BCUT2D eigenvalue weighted by atomic mass is 9.97. The van der Waals surface area contributed by atoms with E-state index in [-0.39, 0.29) is 0 Å². The highest BCUT2D eigenvalue weighted by Crippen LogP contribution is 2.47. The summed E-state index contributed by atoms with van der Waals surface area (Å²) in [5, 5.41) is 19.5. The largest absolute Gasteiger partial charge is 0.319 e. The van der Waals surface area contributed by atoms with Gasteiger partial charge in [-0.25, -0.2) is 4.85 Å². The van der Waals surface area contributed by atoms with Crippen molar-refractivity contribution < 1.29 is 0 Å². The van der Waals surface area contributed by atoms with Crippen LogP contribution in [-0.2, 0) is 0 Å². The third-order valence-electron chi connectivity index (χ3n) is 14.2. The zero-order valence-electron chi connectivity index (χ0n) is 37.4. The van der Waals surface area contributed by atoms with Crippen LogP contribution in [0, 0.1) is 24.8 Å². The summed E-state index contributed by atoms with van der Waals surface area (Å²) in [6, 6.07) is 77.5. The van der Waals surface area contributed by atoms with Gasteiger partial charge in [-0.2, -0.15) is 5.26 Å². The minimum absolute atomic E-state index is 0.510. The van der Waals surface area contributed by atoms with Crippen LogP contribution in [0.1, 0.15) is 11.1 Å². The number of rotatable bonds is 5. The van der Waals surface area contributed by atoms with Gasteiger partial charge in [0.15, 0.2) is 0 Å². The molecule has 0 radical (unpaired) electrons. The number of aromatic nitrogens is 4. The summed E-state index contributed by atoms with van der Waals surface area (Å²) >= 11 is 0. The molecule has 4 heterocycles. The van der Waals surface area contributed by atoms with Gasteiger partial charge in [-0.1, -0.05) is 121 Å². The van der Waals surface area contributed by atoms with Crippen LogP contribution in [0.25, 0.3) is 126 Å². The third-order valence-corrected chi connectivity index (χ3v) is 14.2. The topological polar surface area (TPSA) is 47.9 Å². The normalized spacial score (nSPS) is 11.8. The number of para-hydroxylation sites is 6. The van der Waals surface area contributed by atoms with E-state index in [1.165, 1.54) is 21.5 Å². The van der Waals surface area contributed by atoms with Crippen molar-refractivity contribution in [3.05, 3.63) is 235 Å². The molecule has 0 atom stereocenters. The minimum Gasteiger partial charge on any atom is -0.319 e. The van der Waals surface area contributed by atoms with Crippen LogP contribution < -0.4 is 0 Å². The number of benzene rings is 10. The number of nitrogens with zero attached hydrogens (tertiary/aromatic N) is 6. The van der Waals surface area contributed by atoms with E-state index in [0.717, 1.165) is 105 Å². The molecule has 0 fully saturated rings. The van der Waals surface area contributed by atoms with E-state index in [1.807, 2.05) is 19.1 Å². The average molecular weight is 879 g/mol. The molecule has 0 spiro atoms. The van der Waals surface area contributed by atoms with Gasteiger partial charge in [0.1, 0.15) is 0 Å². The second kappa shape index (κ2) is 14.7. The Bertz CT molecular complexity index is 4490. The fourth-order valence-electron chi connectivity index (χ4n) is 11.4. The molecule has 0 amide bonds. The van der Waals surface area contributed by atoms with Gasteiger partial charge in [-0.3, -0.25) is 0 Å². The molecular formula is C63H38N6. The third kappa shape index (κ3) is 5.52. The summed E-state index contributed by atoms with van der Waals surface area (Å²) in [5.41, 5.74) is 16.1. The van der Waals surface area contributed by atoms with Gasteiger partial charge in [-0.15, -0.1) is 0 Å². The number of fused-ring (bicyclic) bond motifs is 12. The van der Waals surface area contributed by atoms with Crippen LogP contribution in [0.4, 0.5) is 5.69 Å². The first-order chi connectivity index (χ1) is 34.1. The first kappa shape index (κ1) is 38.6. The highest BCUT2D eigenvalue weighted by molar-refractivity contribution is 6.15. The highest BCUT2D eigenvalue weighted by Gasteiger charge is 2.26. The van der Waals surface area contributed by atoms with E-state index >= 15 is 0 Å². The number of nitriles is 1. The van der Waals surface area contributed by atoms with Crippen molar-refractivity contribution >= 4 is 92.9 Å². The van der Waals surface area contributed by atoms with Gasteiger partial charge in [0.25, 0.3) is 0 Å². The molecule has 0 N–H and O–H groups in total. The van der Waals surface area contributed by atoms with E-state index < -0.39 is 0 Å². The van der Waals surface area contributed by atoms with E-state index in [1.54, 1.807) is 0 Å². The van der Waals surface area contributed by atoms with Crippen LogP contribution in [0.15, 0.2) is 212 Å². The SMILES string of the molecule is [C-]#[N+]c1c(-n2c3ccccc3c3cc(-n4c5ccccc5c5ccccc54)ccc32)ccc(-c2cc(C)cc(C#N)c2)c1-n1c2ccccc2c2cc(-n3c4ccccc4c4ccccc43)ccc21. The Morgan fingerprint density at radius 2 is 0.783 bits per heavy atom. The Kier molecular flexibility index (Phi) is 8.23. The fraction of sp³-hybridized carbons (Fsp3) is 0.0159. The molecule has 10 aromatic carbocycles. The maximum atomic E-state index is 10.3. The quantitative estimate of drug-likeness (QED) is 0.159. The molecule has 0 saturated carbocycles. The predicted molar refractivity (Wildman–Crippen MR) is 285 cm³/mol. The molecule has 0 aliphatic carbocycles. The molecule has 69 heavy (non-hydrogen) atoms. The van der Waals surface area contributed by atoms with Gasteiger partial charge in [0, 0.05) is 54.5 Å². The van der Waals surface area contributed by atoms with E-state index in [0.29, 0.717) is 11.3 Å². The second-order valence-electron chi connectivity index (χ2n) is 18.0. The summed E-state index contributed by atoms with van der Waals surface area (Å²) in [5.74, 6) is 0. The van der Waals surface area contributed by atoms with Gasteiger partial charge in [0.2, 0.25) is 5.69 Å². The molecule has 0 saturated heterocycles. The van der Waals surface area contributed by atoms with Crippen LogP contribution in [-0.4, -0.2) is 18.3 Å². The lowest BCUT2D eigenvalue weighted by Gasteiger charge is -2.20. The summed E-state index contributed by atoms with van der Waals surface area (Å²) in [7, 11) is 0. The zero-order chi connectivity index (χ0) is 45.9. The molecule has 14 rings (SSSR count). The van der Waals surface area contributed by atoms with Crippen molar-refractivity contribution in [1.82, 2.24) is 18.3 Å². The van der Waals surface area contributed by atoms with Gasteiger partial charge in [-0.05, 0) is 115 Å². The van der Waals surface area contributed by atoms with Crippen LogP contribution in [0.3, 0.4) is 0 Å². The molecule has 0 aliphatic rings. The van der Waals surface area contributed by atoms with Gasteiger partial charge in [0.05, 0.1) is 73.7 Å². The summed E-state index contributed by atoms with van der Waals surface area (Å²) in [6.45, 7) is 11.3. The monoisotopic (exact) mass is 878 g/mol. The molecule has 0 bridgehead atoms.